The van der Waals surface area contributed by atoms with Crippen LogP contribution in [0.5, 0.6) is 0 Å². The SMILES string of the molecule is Cc1cc(NC(=O)C2CCN(C(=O)Nc3ccccc3C(C)C)CC2)no1. The summed E-state index contributed by atoms with van der Waals surface area (Å²) in [7, 11) is 0. The number of amides is 3. The summed E-state index contributed by atoms with van der Waals surface area (Å²) in [6, 6.07) is 9.42. The summed E-state index contributed by atoms with van der Waals surface area (Å²) in [5.74, 6) is 1.21. The van der Waals surface area contributed by atoms with E-state index in [1.165, 1.54) is 0 Å². The van der Waals surface area contributed by atoms with Crippen molar-refractivity contribution in [2.24, 2.45) is 5.92 Å². The highest BCUT2D eigenvalue weighted by Crippen LogP contribution is 2.25. The van der Waals surface area contributed by atoms with Crippen molar-refractivity contribution in [2.45, 2.75) is 39.5 Å². The minimum Gasteiger partial charge on any atom is -0.360 e. The normalized spacial score (nSPS) is 15.0. The molecule has 144 valence electrons. The van der Waals surface area contributed by atoms with E-state index in [1.807, 2.05) is 24.3 Å². The fourth-order valence-corrected chi connectivity index (χ4v) is 3.31. The lowest BCUT2D eigenvalue weighted by Gasteiger charge is -2.31. The van der Waals surface area contributed by atoms with Gasteiger partial charge in [0.05, 0.1) is 0 Å². The van der Waals surface area contributed by atoms with Crippen LogP contribution in [0.2, 0.25) is 0 Å². The van der Waals surface area contributed by atoms with Gasteiger partial charge >= 0.3 is 6.03 Å². The molecule has 3 rings (SSSR count). The zero-order valence-corrected chi connectivity index (χ0v) is 16.0. The predicted octanol–water partition coefficient (Wildman–Crippen LogP) is 3.99. The zero-order chi connectivity index (χ0) is 19.4. The molecule has 0 saturated carbocycles. The molecule has 2 aromatic rings. The summed E-state index contributed by atoms with van der Waals surface area (Å²) in [5, 5.41) is 9.57. The van der Waals surface area contributed by atoms with Crippen molar-refractivity contribution < 1.29 is 14.1 Å². The minimum atomic E-state index is -0.131. The number of nitrogens with one attached hydrogen (secondary N) is 2. The molecular formula is C20H26N4O3. The number of carbonyl (C=O) groups is 2. The van der Waals surface area contributed by atoms with Gasteiger partial charge in [-0.25, -0.2) is 4.79 Å². The van der Waals surface area contributed by atoms with Gasteiger partial charge < -0.3 is 20.1 Å². The number of hydrogen-bond acceptors (Lipinski definition) is 4. The Labute approximate surface area is 159 Å². The molecule has 1 aliphatic heterocycles. The van der Waals surface area contributed by atoms with Gasteiger partial charge in [0, 0.05) is 30.8 Å². The van der Waals surface area contributed by atoms with E-state index in [0.29, 0.717) is 43.4 Å². The Balaban J connectivity index is 1.53. The van der Waals surface area contributed by atoms with Crippen molar-refractivity contribution in [1.29, 1.82) is 0 Å². The average molecular weight is 370 g/mol. The number of carbonyl (C=O) groups excluding carboxylic acids is 2. The van der Waals surface area contributed by atoms with Crippen LogP contribution >= 0.6 is 0 Å². The maximum atomic E-state index is 12.6. The summed E-state index contributed by atoms with van der Waals surface area (Å²) in [6.07, 6.45) is 1.25. The van der Waals surface area contributed by atoms with Crippen molar-refractivity contribution >= 4 is 23.4 Å². The molecule has 2 N–H and O–H groups in total. The second kappa shape index (κ2) is 8.24. The molecule has 1 aliphatic rings. The molecule has 3 amide bonds. The van der Waals surface area contributed by atoms with Crippen LogP contribution in [-0.4, -0.2) is 35.1 Å². The molecule has 7 nitrogen and oxygen atoms in total. The minimum absolute atomic E-state index is 0.0755. The van der Waals surface area contributed by atoms with Gasteiger partial charge in [0.2, 0.25) is 5.91 Å². The fraction of sp³-hybridized carbons (Fsp3) is 0.450. The van der Waals surface area contributed by atoms with Crippen LogP contribution in [0.25, 0.3) is 0 Å². The van der Waals surface area contributed by atoms with E-state index in [9.17, 15) is 9.59 Å². The Morgan fingerprint density at radius 1 is 1.19 bits per heavy atom. The quantitative estimate of drug-likeness (QED) is 0.852. The Hall–Kier alpha value is -2.83. The van der Waals surface area contributed by atoms with Gasteiger partial charge in [-0.1, -0.05) is 37.2 Å². The van der Waals surface area contributed by atoms with E-state index in [2.05, 4.69) is 29.6 Å². The molecule has 0 unspecified atom stereocenters. The number of benzene rings is 1. The lowest BCUT2D eigenvalue weighted by molar-refractivity contribution is -0.121. The number of likely N-dealkylation sites (tertiary alicyclic amines) is 1. The summed E-state index contributed by atoms with van der Waals surface area (Å²) >= 11 is 0. The number of urea groups is 1. The van der Waals surface area contributed by atoms with Gasteiger partial charge in [0.25, 0.3) is 0 Å². The Morgan fingerprint density at radius 3 is 2.52 bits per heavy atom. The van der Waals surface area contributed by atoms with Gasteiger partial charge in [0.1, 0.15) is 5.76 Å². The maximum absolute atomic E-state index is 12.6. The molecule has 27 heavy (non-hydrogen) atoms. The number of rotatable bonds is 4. The van der Waals surface area contributed by atoms with Gasteiger partial charge in [-0.05, 0) is 37.3 Å². The summed E-state index contributed by atoms with van der Waals surface area (Å²) in [5.41, 5.74) is 1.96. The molecular weight excluding hydrogens is 344 g/mol. The number of aryl methyl sites for hydroxylation is 1. The Kier molecular flexibility index (Phi) is 5.78. The maximum Gasteiger partial charge on any atom is 0.321 e. The number of para-hydroxylation sites is 1. The van der Waals surface area contributed by atoms with E-state index < -0.39 is 0 Å². The molecule has 2 heterocycles. The molecule has 0 radical (unpaired) electrons. The van der Waals surface area contributed by atoms with E-state index in [0.717, 1.165) is 11.3 Å². The first-order chi connectivity index (χ1) is 12.9. The number of anilines is 2. The molecule has 0 spiro atoms. The predicted molar refractivity (Wildman–Crippen MR) is 104 cm³/mol. The molecule has 7 heteroatoms. The van der Waals surface area contributed by atoms with Crippen molar-refractivity contribution in [3.8, 4) is 0 Å². The first-order valence-corrected chi connectivity index (χ1v) is 9.33. The van der Waals surface area contributed by atoms with Crippen molar-refractivity contribution in [3.63, 3.8) is 0 Å². The van der Waals surface area contributed by atoms with Crippen LogP contribution in [0.1, 0.15) is 43.9 Å². The largest absolute Gasteiger partial charge is 0.360 e. The first kappa shape index (κ1) is 18.9. The number of aromatic nitrogens is 1. The number of hydrogen-bond donors (Lipinski definition) is 2. The third-order valence-corrected chi connectivity index (χ3v) is 4.86. The van der Waals surface area contributed by atoms with Gasteiger partial charge in [-0.3, -0.25) is 4.79 Å². The van der Waals surface area contributed by atoms with E-state index >= 15 is 0 Å². The van der Waals surface area contributed by atoms with Crippen molar-refractivity contribution in [1.82, 2.24) is 10.1 Å². The number of nitrogens with zero attached hydrogens (tertiary/aromatic N) is 2. The van der Waals surface area contributed by atoms with E-state index in [1.54, 1.807) is 17.9 Å². The molecule has 1 aromatic heterocycles. The molecule has 1 fully saturated rings. The van der Waals surface area contributed by atoms with E-state index in [4.69, 9.17) is 4.52 Å². The highest BCUT2D eigenvalue weighted by Gasteiger charge is 2.28. The number of piperidine rings is 1. The van der Waals surface area contributed by atoms with Crippen molar-refractivity contribution in [2.75, 3.05) is 23.7 Å². The van der Waals surface area contributed by atoms with Crippen LogP contribution in [0.15, 0.2) is 34.9 Å². The van der Waals surface area contributed by atoms with Crippen LogP contribution in [0, 0.1) is 12.8 Å². The van der Waals surface area contributed by atoms with Gasteiger partial charge in [0.15, 0.2) is 5.82 Å². The summed E-state index contributed by atoms with van der Waals surface area (Å²) in [4.78, 5) is 26.7. The Morgan fingerprint density at radius 2 is 1.89 bits per heavy atom. The van der Waals surface area contributed by atoms with Crippen LogP contribution in [-0.2, 0) is 4.79 Å². The summed E-state index contributed by atoms with van der Waals surface area (Å²) < 4.78 is 4.96. The first-order valence-electron chi connectivity index (χ1n) is 9.33. The van der Waals surface area contributed by atoms with Crippen molar-refractivity contribution in [3.05, 3.63) is 41.7 Å². The fourth-order valence-electron chi connectivity index (χ4n) is 3.31. The smallest absolute Gasteiger partial charge is 0.321 e. The molecule has 1 aromatic carbocycles. The lowest BCUT2D eigenvalue weighted by atomic mass is 9.96. The third kappa shape index (κ3) is 4.67. The third-order valence-electron chi connectivity index (χ3n) is 4.86. The highest BCUT2D eigenvalue weighted by molar-refractivity contribution is 5.93. The van der Waals surface area contributed by atoms with Crippen LogP contribution in [0.3, 0.4) is 0 Å². The van der Waals surface area contributed by atoms with Crippen LogP contribution < -0.4 is 10.6 Å². The monoisotopic (exact) mass is 370 g/mol. The molecule has 0 bridgehead atoms. The second-order valence-electron chi connectivity index (χ2n) is 7.25. The molecule has 1 saturated heterocycles. The molecule has 0 aliphatic carbocycles. The van der Waals surface area contributed by atoms with Gasteiger partial charge in [-0.15, -0.1) is 0 Å². The topological polar surface area (TPSA) is 87.5 Å². The summed E-state index contributed by atoms with van der Waals surface area (Å²) in [6.45, 7) is 7.07. The highest BCUT2D eigenvalue weighted by atomic mass is 16.5. The van der Waals surface area contributed by atoms with E-state index in [-0.39, 0.29) is 17.9 Å². The van der Waals surface area contributed by atoms with Crippen LogP contribution in [0.4, 0.5) is 16.3 Å². The Bertz CT molecular complexity index is 807. The van der Waals surface area contributed by atoms with Gasteiger partial charge in [-0.2, -0.15) is 0 Å². The lowest BCUT2D eigenvalue weighted by Crippen LogP contribution is -2.43. The average Bonchev–Trinajstić information content (AvgIpc) is 3.06. The standard InChI is InChI=1S/C20H26N4O3/c1-13(2)16-6-4-5-7-17(16)21-20(26)24-10-8-15(9-11-24)19(25)22-18-12-14(3)27-23-18/h4-7,12-13,15H,8-11H2,1-3H3,(H,21,26)(H,22,23,25). The molecule has 0 atom stereocenters. The zero-order valence-electron chi connectivity index (χ0n) is 16.0. The second-order valence-corrected chi connectivity index (χ2v) is 7.25.